The molecule has 2 amide bonds. The highest BCUT2D eigenvalue weighted by molar-refractivity contribution is 6.35. The highest BCUT2D eigenvalue weighted by atomic mass is 16.5. The molecule has 0 bridgehead atoms. The highest BCUT2D eigenvalue weighted by Crippen LogP contribution is 2.36. The van der Waals surface area contributed by atoms with E-state index in [4.69, 9.17) is 4.74 Å². The molecule has 0 spiro atoms. The number of carbonyl (C=O) groups excluding carboxylic acids is 2. The minimum Gasteiger partial charge on any atom is -0.497 e. The van der Waals surface area contributed by atoms with Gasteiger partial charge in [0.15, 0.2) is 0 Å². The van der Waals surface area contributed by atoms with E-state index in [0.717, 1.165) is 42.6 Å². The second kappa shape index (κ2) is 10.0. The number of hydrogen-bond donors (Lipinski definition) is 0. The van der Waals surface area contributed by atoms with E-state index >= 15 is 0 Å². The summed E-state index contributed by atoms with van der Waals surface area (Å²) < 4.78 is 5.29. The first-order chi connectivity index (χ1) is 15.6. The van der Waals surface area contributed by atoms with Gasteiger partial charge in [-0.2, -0.15) is 0 Å². The van der Waals surface area contributed by atoms with Gasteiger partial charge < -0.3 is 9.64 Å². The summed E-state index contributed by atoms with van der Waals surface area (Å²) in [6.45, 7) is 0.563. The zero-order valence-electron chi connectivity index (χ0n) is 19.0. The number of hydrogen-bond acceptors (Lipinski definition) is 4. The molecule has 2 aromatic rings. The van der Waals surface area contributed by atoms with Crippen LogP contribution in [-0.2, 0) is 16.1 Å². The minimum absolute atomic E-state index is 0.0221. The number of carbonyl (C=O) groups is 2. The van der Waals surface area contributed by atoms with Gasteiger partial charge in [0, 0.05) is 19.6 Å². The van der Waals surface area contributed by atoms with Crippen LogP contribution in [0.5, 0.6) is 5.75 Å². The Morgan fingerprint density at radius 3 is 2.12 bits per heavy atom. The lowest BCUT2D eigenvalue weighted by Gasteiger charge is -2.29. The molecular formula is C27H32N2O3. The van der Waals surface area contributed by atoms with E-state index in [1.807, 2.05) is 66.5 Å². The fourth-order valence-electron chi connectivity index (χ4n) is 4.87. The SMILES string of the molecule is COc1ccc(C2=C(N(C)Cc3ccccc3)C(=O)N(C3CCCCCCC3)C2=O)cc1. The van der Waals surface area contributed by atoms with Crippen molar-refractivity contribution < 1.29 is 14.3 Å². The second-order valence-electron chi connectivity index (χ2n) is 8.77. The highest BCUT2D eigenvalue weighted by Gasteiger charge is 2.43. The van der Waals surface area contributed by atoms with E-state index in [9.17, 15) is 9.59 Å². The zero-order valence-corrected chi connectivity index (χ0v) is 19.0. The fraction of sp³-hybridized carbons (Fsp3) is 0.407. The van der Waals surface area contributed by atoms with Crippen LogP contribution >= 0.6 is 0 Å². The van der Waals surface area contributed by atoms with Crippen molar-refractivity contribution in [3.05, 3.63) is 71.4 Å². The van der Waals surface area contributed by atoms with Crippen molar-refractivity contribution in [3.63, 3.8) is 0 Å². The molecule has 2 aliphatic rings. The lowest BCUT2D eigenvalue weighted by molar-refractivity contribution is -0.140. The molecule has 0 saturated heterocycles. The number of amides is 2. The van der Waals surface area contributed by atoms with Gasteiger partial charge in [-0.25, -0.2) is 0 Å². The van der Waals surface area contributed by atoms with Crippen molar-refractivity contribution in [2.75, 3.05) is 14.2 Å². The van der Waals surface area contributed by atoms with E-state index in [1.54, 1.807) is 12.0 Å². The molecule has 0 aromatic heterocycles. The molecule has 0 N–H and O–H groups in total. The van der Waals surface area contributed by atoms with Crippen LogP contribution in [-0.4, -0.2) is 41.8 Å². The summed E-state index contributed by atoms with van der Waals surface area (Å²) in [5.74, 6) is 0.396. The van der Waals surface area contributed by atoms with Gasteiger partial charge in [-0.3, -0.25) is 14.5 Å². The van der Waals surface area contributed by atoms with Gasteiger partial charge in [0.1, 0.15) is 11.4 Å². The van der Waals surface area contributed by atoms with Crippen molar-refractivity contribution in [2.45, 2.75) is 57.5 Å². The largest absolute Gasteiger partial charge is 0.497 e. The number of ether oxygens (including phenoxy) is 1. The molecule has 5 heteroatoms. The molecule has 2 aromatic carbocycles. The predicted octanol–water partition coefficient (Wildman–Crippen LogP) is 5.02. The third kappa shape index (κ3) is 4.57. The van der Waals surface area contributed by atoms with Crippen LogP contribution in [0.25, 0.3) is 5.57 Å². The molecule has 1 aliphatic carbocycles. The third-order valence-corrected chi connectivity index (χ3v) is 6.55. The Bertz CT molecular complexity index is 974. The summed E-state index contributed by atoms with van der Waals surface area (Å²) in [5.41, 5.74) is 2.85. The first kappa shape index (κ1) is 22.1. The van der Waals surface area contributed by atoms with E-state index in [0.29, 0.717) is 17.8 Å². The average molecular weight is 433 g/mol. The summed E-state index contributed by atoms with van der Waals surface area (Å²) in [4.78, 5) is 30.9. The molecule has 32 heavy (non-hydrogen) atoms. The molecular weight excluding hydrogens is 400 g/mol. The molecule has 168 valence electrons. The first-order valence-corrected chi connectivity index (χ1v) is 11.6. The van der Waals surface area contributed by atoms with Gasteiger partial charge in [0.05, 0.1) is 12.7 Å². The molecule has 1 saturated carbocycles. The van der Waals surface area contributed by atoms with Gasteiger partial charge in [-0.05, 0) is 36.1 Å². The van der Waals surface area contributed by atoms with Crippen molar-refractivity contribution in [3.8, 4) is 5.75 Å². The lowest BCUT2D eigenvalue weighted by Crippen LogP contribution is -2.42. The Morgan fingerprint density at radius 1 is 0.875 bits per heavy atom. The van der Waals surface area contributed by atoms with Gasteiger partial charge >= 0.3 is 0 Å². The molecule has 5 nitrogen and oxygen atoms in total. The maximum absolute atomic E-state index is 13.7. The average Bonchev–Trinajstić information content (AvgIpc) is 3.05. The smallest absolute Gasteiger partial charge is 0.278 e. The number of benzene rings is 2. The monoisotopic (exact) mass is 432 g/mol. The van der Waals surface area contributed by atoms with Crippen molar-refractivity contribution in [2.24, 2.45) is 0 Å². The van der Waals surface area contributed by atoms with E-state index in [2.05, 4.69) is 0 Å². The Hall–Kier alpha value is -3.08. The van der Waals surface area contributed by atoms with Crippen molar-refractivity contribution in [1.29, 1.82) is 0 Å². The molecule has 1 aliphatic heterocycles. The normalized spacial score (nSPS) is 18.0. The Labute approximate surface area is 190 Å². The topological polar surface area (TPSA) is 49.9 Å². The minimum atomic E-state index is -0.166. The van der Waals surface area contributed by atoms with Gasteiger partial charge in [-0.1, -0.05) is 74.6 Å². The molecule has 0 atom stereocenters. The number of rotatable bonds is 6. The quantitative estimate of drug-likeness (QED) is 0.602. The summed E-state index contributed by atoms with van der Waals surface area (Å²) >= 11 is 0. The van der Waals surface area contributed by atoms with Crippen molar-refractivity contribution >= 4 is 17.4 Å². The van der Waals surface area contributed by atoms with Crippen LogP contribution in [0.15, 0.2) is 60.3 Å². The van der Waals surface area contributed by atoms with E-state index in [1.165, 1.54) is 19.3 Å². The van der Waals surface area contributed by atoms with Crippen LogP contribution < -0.4 is 4.74 Å². The summed E-state index contributed by atoms with van der Waals surface area (Å²) in [7, 11) is 3.52. The standard InChI is InChI=1S/C27H32N2O3/c1-28(19-20-11-7-6-8-12-20)25-24(21-15-17-23(32-2)18-16-21)26(30)29(27(25)31)22-13-9-4-3-5-10-14-22/h6-8,11-12,15-18,22H,3-5,9-10,13-14,19H2,1-2H3. The number of imide groups is 1. The predicted molar refractivity (Wildman–Crippen MR) is 126 cm³/mol. The van der Waals surface area contributed by atoms with Gasteiger partial charge in [0.2, 0.25) is 0 Å². The lowest BCUT2D eigenvalue weighted by atomic mass is 9.95. The fourth-order valence-corrected chi connectivity index (χ4v) is 4.87. The Balaban J connectivity index is 1.71. The summed E-state index contributed by atoms with van der Waals surface area (Å²) in [5, 5.41) is 0. The van der Waals surface area contributed by atoms with Gasteiger partial charge in [-0.15, -0.1) is 0 Å². The molecule has 0 radical (unpaired) electrons. The van der Waals surface area contributed by atoms with Crippen LogP contribution in [0.3, 0.4) is 0 Å². The Kier molecular flexibility index (Phi) is 6.93. The third-order valence-electron chi connectivity index (χ3n) is 6.55. The molecule has 1 fully saturated rings. The molecule has 1 heterocycles. The van der Waals surface area contributed by atoms with E-state index < -0.39 is 0 Å². The molecule has 0 unspecified atom stereocenters. The van der Waals surface area contributed by atoms with Crippen LogP contribution in [0.4, 0.5) is 0 Å². The van der Waals surface area contributed by atoms with Gasteiger partial charge in [0.25, 0.3) is 11.8 Å². The second-order valence-corrected chi connectivity index (χ2v) is 8.77. The number of nitrogens with zero attached hydrogens (tertiary/aromatic N) is 2. The summed E-state index contributed by atoms with van der Waals surface area (Å²) in [6.07, 6.45) is 7.50. The zero-order chi connectivity index (χ0) is 22.5. The van der Waals surface area contributed by atoms with Crippen LogP contribution in [0.2, 0.25) is 0 Å². The molecule has 4 rings (SSSR count). The summed E-state index contributed by atoms with van der Waals surface area (Å²) in [6, 6.07) is 17.4. The maximum Gasteiger partial charge on any atom is 0.278 e. The Morgan fingerprint density at radius 2 is 1.50 bits per heavy atom. The number of likely N-dealkylation sites (N-methyl/N-ethyl adjacent to an activating group) is 1. The van der Waals surface area contributed by atoms with Crippen LogP contribution in [0.1, 0.15) is 56.1 Å². The van der Waals surface area contributed by atoms with Crippen LogP contribution in [0, 0.1) is 0 Å². The van der Waals surface area contributed by atoms with E-state index in [-0.39, 0.29) is 17.9 Å². The maximum atomic E-state index is 13.7. The first-order valence-electron chi connectivity index (χ1n) is 11.6. The number of methoxy groups -OCH3 is 1. The van der Waals surface area contributed by atoms with Crippen molar-refractivity contribution in [1.82, 2.24) is 9.80 Å².